The fourth-order valence-electron chi connectivity index (χ4n) is 1.53. The molecule has 1 rings (SSSR count). The SMILES string of the molecule is CCC(C)(CO)Nc1ccc(C(=O)O)c([N+](=O)[O-])c1. The van der Waals surface area contributed by atoms with Gasteiger partial charge in [-0.1, -0.05) is 6.92 Å². The highest BCUT2D eigenvalue weighted by molar-refractivity contribution is 5.93. The Morgan fingerprint density at radius 1 is 1.53 bits per heavy atom. The lowest BCUT2D eigenvalue weighted by Crippen LogP contribution is -2.37. The number of nitrogens with zero attached hydrogens (tertiary/aromatic N) is 1. The molecular formula is C12H16N2O5. The topological polar surface area (TPSA) is 113 Å². The molecule has 0 radical (unpaired) electrons. The van der Waals surface area contributed by atoms with Crippen LogP contribution in [0, 0.1) is 10.1 Å². The van der Waals surface area contributed by atoms with Crippen molar-refractivity contribution < 1.29 is 19.9 Å². The van der Waals surface area contributed by atoms with Crippen molar-refractivity contribution >= 4 is 17.3 Å². The van der Waals surface area contributed by atoms with Gasteiger partial charge in [0.1, 0.15) is 5.56 Å². The number of nitrogens with one attached hydrogen (secondary N) is 1. The number of aromatic carboxylic acids is 1. The first-order valence-corrected chi connectivity index (χ1v) is 5.73. The summed E-state index contributed by atoms with van der Waals surface area (Å²) in [6.07, 6.45) is 0.609. The Balaban J connectivity index is 3.16. The first-order chi connectivity index (χ1) is 8.83. The van der Waals surface area contributed by atoms with E-state index in [0.717, 1.165) is 6.07 Å². The summed E-state index contributed by atoms with van der Waals surface area (Å²) >= 11 is 0. The third-order valence-electron chi connectivity index (χ3n) is 3.00. The third kappa shape index (κ3) is 3.41. The zero-order valence-electron chi connectivity index (χ0n) is 10.7. The second kappa shape index (κ2) is 5.66. The number of anilines is 1. The minimum absolute atomic E-state index is 0.141. The van der Waals surface area contributed by atoms with E-state index < -0.39 is 22.1 Å². The number of carboxylic acid groups (broad SMARTS) is 1. The fraction of sp³-hybridized carbons (Fsp3) is 0.417. The quantitative estimate of drug-likeness (QED) is 0.536. The van der Waals surface area contributed by atoms with Crippen LogP contribution in [0.5, 0.6) is 0 Å². The van der Waals surface area contributed by atoms with E-state index in [9.17, 15) is 20.0 Å². The van der Waals surface area contributed by atoms with Crippen molar-refractivity contribution in [1.29, 1.82) is 0 Å². The maximum absolute atomic E-state index is 10.9. The maximum atomic E-state index is 10.9. The zero-order chi connectivity index (χ0) is 14.6. The van der Waals surface area contributed by atoms with E-state index in [1.165, 1.54) is 12.1 Å². The number of carbonyl (C=O) groups is 1. The monoisotopic (exact) mass is 268 g/mol. The summed E-state index contributed by atoms with van der Waals surface area (Å²) < 4.78 is 0. The van der Waals surface area contributed by atoms with Gasteiger partial charge in [0.05, 0.1) is 17.1 Å². The molecule has 1 aromatic rings. The van der Waals surface area contributed by atoms with Gasteiger partial charge in [-0.2, -0.15) is 0 Å². The number of nitro groups is 1. The first-order valence-electron chi connectivity index (χ1n) is 5.73. The number of carboxylic acids is 1. The molecule has 0 saturated heterocycles. The van der Waals surface area contributed by atoms with Crippen LogP contribution >= 0.6 is 0 Å². The van der Waals surface area contributed by atoms with Gasteiger partial charge >= 0.3 is 5.97 Å². The lowest BCUT2D eigenvalue weighted by atomic mass is 9.99. The lowest BCUT2D eigenvalue weighted by Gasteiger charge is -2.28. The lowest BCUT2D eigenvalue weighted by molar-refractivity contribution is -0.385. The summed E-state index contributed by atoms with van der Waals surface area (Å²) in [6.45, 7) is 3.49. The predicted molar refractivity (Wildman–Crippen MR) is 69.5 cm³/mol. The number of nitro benzene ring substituents is 1. The molecule has 19 heavy (non-hydrogen) atoms. The van der Waals surface area contributed by atoms with Crippen LogP contribution in [-0.4, -0.2) is 33.3 Å². The molecule has 0 aliphatic rings. The van der Waals surface area contributed by atoms with Crippen molar-refractivity contribution in [3.63, 3.8) is 0 Å². The van der Waals surface area contributed by atoms with Gasteiger partial charge in [-0.05, 0) is 25.5 Å². The molecule has 7 heteroatoms. The summed E-state index contributed by atoms with van der Waals surface area (Å²) in [7, 11) is 0. The number of hydrogen-bond acceptors (Lipinski definition) is 5. The minimum atomic E-state index is -1.35. The van der Waals surface area contributed by atoms with Crippen molar-refractivity contribution in [2.24, 2.45) is 0 Å². The highest BCUT2D eigenvalue weighted by Crippen LogP contribution is 2.26. The van der Waals surface area contributed by atoms with E-state index in [-0.39, 0.29) is 12.2 Å². The second-order valence-corrected chi connectivity index (χ2v) is 4.49. The Hall–Kier alpha value is -2.15. The molecule has 0 heterocycles. The molecule has 0 aliphatic heterocycles. The molecule has 3 N–H and O–H groups in total. The molecule has 0 amide bonds. The van der Waals surface area contributed by atoms with Crippen molar-refractivity contribution in [2.45, 2.75) is 25.8 Å². The second-order valence-electron chi connectivity index (χ2n) is 4.49. The molecule has 7 nitrogen and oxygen atoms in total. The van der Waals surface area contributed by atoms with E-state index in [2.05, 4.69) is 5.32 Å². The normalized spacial score (nSPS) is 13.6. The van der Waals surface area contributed by atoms with Gasteiger partial charge in [-0.25, -0.2) is 4.79 Å². The number of hydrogen-bond donors (Lipinski definition) is 3. The molecule has 0 bridgehead atoms. The van der Waals surface area contributed by atoms with Gasteiger partial charge in [0.25, 0.3) is 5.69 Å². The van der Waals surface area contributed by atoms with Crippen LogP contribution in [0.1, 0.15) is 30.6 Å². The highest BCUT2D eigenvalue weighted by atomic mass is 16.6. The minimum Gasteiger partial charge on any atom is -0.477 e. The summed E-state index contributed by atoms with van der Waals surface area (Å²) in [5, 5.41) is 32.0. The molecular weight excluding hydrogens is 252 g/mol. The van der Waals surface area contributed by atoms with Crippen molar-refractivity contribution in [3.8, 4) is 0 Å². The van der Waals surface area contributed by atoms with Gasteiger partial charge in [0.15, 0.2) is 0 Å². The Bertz CT molecular complexity index is 497. The van der Waals surface area contributed by atoms with Crippen LogP contribution < -0.4 is 5.32 Å². The van der Waals surface area contributed by atoms with Crippen LogP contribution in [0.2, 0.25) is 0 Å². The van der Waals surface area contributed by atoms with E-state index >= 15 is 0 Å². The summed E-state index contributed by atoms with van der Waals surface area (Å²) in [4.78, 5) is 21.0. The van der Waals surface area contributed by atoms with E-state index in [1.54, 1.807) is 6.92 Å². The Kier molecular flexibility index (Phi) is 4.44. The van der Waals surface area contributed by atoms with Crippen LogP contribution in [0.4, 0.5) is 11.4 Å². The van der Waals surface area contributed by atoms with Crippen LogP contribution in [-0.2, 0) is 0 Å². The summed E-state index contributed by atoms with van der Waals surface area (Å²) in [6, 6.07) is 3.78. The number of aliphatic hydroxyl groups is 1. The zero-order valence-corrected chi connectivity index (χ0v) is 10.7. The Morgan fingerprint density at radius 2 is 2.16 bits per heavy atom. The standard InChI is InChI=1S/C12H16N2O5/c1-3-12(2,7-15)13-8-4-5-9(11(16)17)10(6-8)14(18)19/h4-6,13,15H,3,7H2,1-2H3,(H,16,17). The summed E-state index contributed by atoms with van der Waals surface area (Å²) in [5.74, 6) is -1.35. The number of aliphatic hydroxyl groups excluding tert-OH is 1. The van der Waals surface area contributed by atoms with Gasteiger partial charge in [0.2, 0.25) is 0 Å². The summed E-state index contributed by atoms with van der Waals surface area (Å²) in [5.41, 5.74) is -1.06. The van der Waals surface area contributed by atoms with Crippen LogP contribution in [0.3, 0.4) is 0 Å². The third-order valence-corrected chi connectivity index (χ3v) is 3.00. The van der Waals surface area contributed by atoms with E-state index in [1.807, 2.05) is 6.92 Å². The molecule has 0 saturated carbocycles. The van der Waals surface area contributed by atoms with Gasteiger partial charge in [-0.3, -0.25) is 10.1 Å². The van der Waals surface area contributed by atoms with E-state index in [4.69, 9.17) is 5.11 Å². The maximum Gasteiger partial charge on any atom is 0.342 e. The van der Waals surface area contributed by atoms with Crippen molar-refractivity contribution in [3.05, 3.63) is 33.9 Å². The smallest absolute Gasteiger partial charge is 0.342 e. The van der Waals surface area contributed by atoms with Gasteiger partial charge in [-0.15, -0.1) is 0 Å². The van der Waals surface area contributed by atoms with Crippen molar-refractivity contribution in [1.82, 2.24) is 0 Å². The van der Waals surface area contributed by atoms with Gasteiger partial charge < -0.3 is 15.5 Å². The highest BCUT2D eigenvalue weighted by Gasteiger charge is 2.24. The number of rotatable bonds is 6. The fourth-order valence-corrected chi connectivity index (χ4v) is 1.53. The van der Waals surface area contributed by atoms with E-state index in [0.29, 0.717) is 12.1 Å². The molecule has 0 aliphatic carbocycles. The van der Waals surface area contributed by atoms with Crippen LogP contribution in [0.25, 0.3) is 0 Å². The largest absolute Gasteiger partial charge is 0.477 e. The molecule has 0 aromatic heterocycles. The molecule has 0 spiro atoms. The average molecular weight is 268 g/mol. The first kappa shape index (κ1) is 14.9. The molecule has 0 fully saturated rings. The molecule has 1 aromatic carbocycles. The molecule has 104 valence electrons. The van der Waals surface area contributed by atoms with Gasteiger partial charge in [0, 0.05) is 11.8 Å². The Labute approximate surface area is 110 Å². The number of benzene rings is 1. The molecule has 1 unspecified atom stereocenters. The van der Waals surface area contributed by atoms with Crippen molar-refractivity contribution in [2.75, 3.05) is 11.9 Å². The molecule has 1 atom stereocenters. The average Bonchev–Trinajstić information content (AvgIpc) is 2.38. The predicted octanol–water partition coefficient (Wildman–Crippen LogP) is 1.87. The van der Waals surface area contributed by atoms with Crippen LogP contribution in [0.15, 0.2) is 18.2 Å². The Morgan fingerprint density at radius 3 is 2.58 bits per heavy atom.